The molecule has 0 spiro atoms. The molecule has 0 radical (unpaired) electrons. The van der Waals surface area contributed by atoms with Crippen molar-refractivity contribution in [3.8, 4) is 5.75 Å². The zero-order chi connectivity index (χ0) is 23.6. The lowest BCUT2D eigenvalue weighted by Crippen LogP contribution is -2.35. The summed E-state index contributed by atoms with van der Waals surface area (Å²) in [5.41, 5.74) is 1.95. The molecule has 3 aromatic carbocycles. The number of halogens is 3. The molecule has 10 heteroatoms. The van der Waals surface area contributed by atoms with Gasteiger partial charge < -0.3 is 10.1 Å². The smallest absolute Gasteiger partial charge is 0.264 e. The second-order valence-electron chi connectivity index (χ2n) is 7.37. The highest BCUT2D eigenvalue weighted by Gasteiger charge is 2.29. The number of rotatable bonds is 6. The van der Waals surface area contributed by atoms with Crippen LogP contribution in [-0.2, 0) is 21.2 Å². The molecule has 0 atom stereocenters. The lowest BCUT2D eigenvalue weighted by Gasteiger charge is -2.30. The van der Waals surface area contributed by atoms with Gasteiger partial charge in [0.05, 0.1) is 20.6 Å². The van der Waals surface area contributed by atoms with Crippen molar-refractivity contribution in [1.29, 1.82) is 0 Å². The predicted octanol–water partition coefficient (Wildman–Crippen LogP) is 5.29. The number of aryl methyl sites for hydroxylation is 1. The molecule has 1 heterocycles. The summed E-state index contributed by atoms with van der Waals surface area (Å²) in [5.74, 6) is -0.960. The Morgan fingerprint density at radius 2 is 1.85 bits per heavy atom. The minimum Gasteiger partial charge on any atom is -0.482 e. The summed E-state index contributed by atoms with van der Waals surface area (Å²) < 4.78 is 46.6. The molecule has 0 aliphatic carbocycles. The topological polar surface area (TPSA) is 75.7 Å². The zero-order valence-electron chi connectivity index (χ0n) is 17.2. The normalized spacial score (nSPS) is 13.4. The van der Waals surface area contributed by atoms with Crippen molar-refractivity contribution in [2.24, 2.45) is 0 Å². The monoisotopic (exact) mass is 508 g/mol. The van der Waals surface area contributed by atoms with E-state index in [4.69, 9.17) is 27.9 Å². The molecule has 3 aromatic rings. The van der Waals surface area contributed by atoms with Crippen molar-refractivity contribution in [1.82, 2.24) is 0 Å². The van der Waals surface area contributed by atoms with Gasteiger partial charge in [0.1, 0.15) is 11.6 Å². The number of nitrogens with zero attached hydrogens (tertiary/aromatic N) is 1. The van der Waals surface area contributed by atoms with Crippen molar-refractivity contribution in [2.45, 2.75) is 17.7 Å². The molecular formula is C23H19Cl2FN2O4S. The Morgan fingerprint density at radius 3 is 2.61 bits per heavy atom. The number of anilines is 2. The number of benzene rings is 3. The van der Waals surface area contributed by atoms with Gasteiger partial charge in [0.2, 0.25) is 0 Å². The highest BCUT2D eigenvalue weighted by Crippen LogP contribution is 2.34. The van der Waals surface area contributed by atoms with Crippen LogP contribution in [0.25, 0.3) is 0 Å². The van der Waals surface area contributed by atoms with Gasteiger partial charge in [0, 0.05) is 12.2 Å². The number of amides is 1. The van der Waals surface area contributed by atoms with Gasteiger partial charge in [0.15, 0.2) is 6.61 Å². The molecule has 4 rings (SSSR count). The third-order valence-corrected chi connectivity index (χ3v) is 7.52. The van der Waals surface area contributed by atoms with E-state index in [1.807, 2.05) is 18.2 Å². The van der Waals surface area contributed by atoms with E-state index in [1.54, 1.807) is 6.07 Å². The highest BCUT2D eigenvalue weighted by molar-refractivity contribution is 7.92. The van der Waals surface area contributed by atoms with Crippen LogP contribution in [0.15, 0.2) is 65.6 Å². The molecule has 0 bridgehead atoms. The Morgan fingerprint density at radius 1 is 1.06 bits per heavy atom. The van der Waals surface area contributed by atoms with Crippen molar-refractivity contribution in [2.75, 3.05) is 22.8 Å². The van der Waals surface area contributed by atoms with Crippen molar-refractivity contribution >= 4 is 50.5 Å². The second-order valence-corrected chi connectivity index (χ2v) is 10.0. The van der Waals surface area contributed by atoms with Crippen LogP contribution in [0.3, 0.4) is 0 Å². The van der Waals surface area contributed by atoms with E-state index in [9.17, 15) is 17.6 Å². The first-order valence-electron chi connectivity index (χ1n) is 10.0. The van der Waals surface area contributed by atoms with Gasteiger partial charge in [-0.25, -0.2) is 12.8 Å². The number of carbonyl (C=O) groups excluding carboxylic acids is 1. The lowest BCUT2D eigenvalue weighted by molar-refractivity contribution is -0.118. The van der Waals surface area contributed by atoms with Gasteiger partial charge in [-0.15, -0.1) is 0 Å². The molecule has 0 fully saturated rings. The van der Waals surface area contributed by atoms with Gasteiger partial charge in [-0.3, -0.25) is 9.10 Å². The van der Waals surface area contributed by atoms with E-state index in [0.29, 0.717) is 17.9 Å². The number of hydrogen-bond acceptors (Lipinski definition) is 4. The summed E-state index contributed by atoms with van der Waals surface area (Å²) in [6.07, 6.45) is 1.54. The van der Waals surface area contributed by atoms with Crippen LogP contribution in [-0.4, -0.2) is 27.5 Å². The quantitative estimate of drug-likeness (QED) is 0.490. The fourth-order valence-corrected chi connectivity index (χ4v) is 5.60. The van der Waals surface area contributed by atoms with E-state index in [2.05, 4.69) is 5.32 Å². The second kappa shape index (κ2) is 9.59. The summed E-state index contributed by atoms with van der Waals surface area (Å²) in [6, 6.07) is 15.3. The first-order chi connectivity index (χ1) is 15.8. The van der Waals surface area contributed by atoms with Crippen LogP contribution in [0.4, 0.5) is 15.8 Å². The van der Waals surface area contributed by atoms with E-state index < -0.39 is 21.7 Å². The maximum atomic E-state index is 13.3. The number of hydrogen-bond donors (Lipinski definition) is 1. The summed E-state index contributed by atoms with van der Waals surface area (Å²) in [5, 5.41) is 2.46. The largest absolute Gasteiger partial charge is 0.482 e. The van der Waals surface area contributed by atoms with Crippen LogP contribution in [0, 0.1) is 5.82 Å². The average Bonchev–Trinajstić information content (AvgIpc) is 2.80. The molecule has 6 nitrogen and oxygen atoms in total. The Kier molecular flexibility index (Phi) is 6.78. The summed E-state index contributed by atoms with van der Waals surface area (Å²) in [7, 11) is -3.82. The Balaban J connectivity index is 1.46. The maximum Gasteiger partial charge on any atom is 0.264 e. The molecule has 33 heavy (non-hydrogen) atoms. The maximum absolute atomic E-state index is 13.3. The number of carbonyl (C=O) groups is 1. The van der Waals surface area contributed by atoms with Gasteiger partial charge in [0.25, 0.3) is 15.9 Å². The fraction of sp³-hybridized carbons (Fsp3) is 0.174. The number of sulfonamides is 1. The van der Waals surface area contributed by atoms with E-state index >= 15 is 0 Å². The van der Waals surface area contributed by atoms with Crippen LogP contribution in [0.2, 0.25) is 10.0 Å². The predicted molar refractivity (Wildman–Crippen MR) is 126 cm³/mol. The number of fused-ring (bicyclic) bond motifs is 1. The first-order valence-corrected chi connectivity index (χ1v) is 12.2. The molecule has 1 amide bonds. The lowest BCUT2D eigenvalue weighted by atomic mass is 10.0. The van der Waals surface area contributed by atoms with Gasteiger partial charge in [-0.2, -0.15) is 0 Å². The van der Waals surface area contributed by atoms with E-state index in [0.717, 1.165) is 24.5 Å². The molecule has 0 unspecified atom stereocenters. The zero-order valence-corrected chi connectivity index (χ0v) is 19.6. The van der Waals surface area contributed by atoms with E-state index in [1.165, 1.54) is 34.6 Å². The molecule has 0 aromatic heterocycles. The summed E-state index contributed by atoms with van der Waals surface area (Å²) >= 11 is 12.0. The molecule has 172 valence electrons. The third kappa shape index (κ3) is 5.08. The number of para-hydroxylation sites is 1. The first kappa shape index (κ1) is 23.4. The van der Waals surface area contributed by atoms with Crippen LogP contribution in [0.1, 0.15) is 12.0 Å². The fourth-order valence-electron chi connectivity index (χ4n) is 3.55. The summed E-state index contributed by atoms with van der Waals surface area (Å²) in [4.78, 5) is 12.2. The Hall–Kier alpha value is -2.81. The van der Waals surface area contributed by atoms with Crippen molar-refractivity contribution in [3.05, 3.63) is 82.1 Å². The number of ether oxygens (including phenoxy) is 1. The van der Waals surface area contributed by atoms with Gasteiger partial charge in [-0.1, -0.05) is 41.4 Å². The van der Waals surface area contributed by atoms with Crippen LogP contribution >= 0.6 is 23.2 Å². The standard InChI is InChI=1S/C23H19Cl2FN2O4S/c24-18-12-16(7-9-20(18)26)27-23(29)14-32-22-10-8-17(13-19(22)25)33(30,31)28-11-3-5-15-4-1-2-6-21(15)28/h1-2,4,6-10,12-13H,3,5,11,14H2,(H,27,29). The molecule has 1 N–H and O–H groups in total. The summed E-state index contributed by atoms with van der Waals surface area (Å²) in [6.45, 7) is -0.0108. The number of nitrogens with one attached hydrogen (secondary N) is 1. The van der Waals surface area contributed by atoms with Crippen molar-refractivity contribution < 1.29 is 22.3 Å². The molecule has 0 saturated carbocycles. The van der Waals surface area contributed by atoms with Crippen LogP contribution < -0.4 is 14.4 Å². The van der Waals surface area contributed by atoms with E-state index in [-0.39, 0.29) is 27.3 Å². The average molecular weight is 509 g/mol. The third-order valence-electron chi connectivity index (χ3n) is 5.12. The van der Waals surface area contributed by atoms with Gasteiger partial charge in [-0.05, 0) is 60.9 Å². The molecule has 1 aliphatic rings. The minimum atomic E-state index is -3.82. The minimum absolute atomic E-state index is 0.0296. The highest BCUT2D eigenvalue weighted by atomic mass is 35.5. The Labute approximate surface area is 200 Å². The van der Waals surface area contributed by atoms with Gasteiger partial charge >= 0.3 is 0 Å². The molecule has 0 saturated heterocycles. The molecular weight excluding hydrogens is 490 g/mol. The molecule has 1 aliphatic heterocycles. The van der Waals surface area contributed by atoms with Crippen molar-refractivity contribution in [3.63, 3.8) is 0 Å². The SMILES string of the molecule is O=C(COc1ccc(S(=O)(=O)N2CCCc3ccccc32)cc1Cl)Nc1ccc(F)c(Cl)c1. The Bertz CT molecular complexity index is 1320. The van der Waals surface area contributed by atoms with Crippen LogP contribution in [0.5, 0.6) is 5.75 Å².